The van der Waals surface area contributed by atoms with Gasteiger partial charge in [0.2, 0.25) is 0 Å². The summed E-state index contributed by atoms with van der Waals surface area (Å²) in [5.74, 6) is 0.351. The minimum atomic E-state index is -0.179. The van der Waals surface area contributed by atoms with Crippen molar-refractivity contribution >= 4 is 15.9 Å². The molecule has 1 aromatic carbocycles. The van der Waals surface area contributed by atoms with E-state index in [0.717, 1.165) is 23.9 Å². The molecule has 0 aromatic heterocycles. The highest BCUT2D eigenvalue weighted by molar-refractivity contribution is 9.10. The zero-order chi connectivity index (χ0) is 12.4. The van der Waals surface area contributed by atoms with E-state index in [-0.39, 0.29) is 18.0 Å². The zero-order valence-electron chi connectivity index (χ0n) is 9.79. The third-order valence-electron chi connectivity index (χ3n) is 3.35. The molecule has 0 amide bonds. The molecule has 94 valence electrons. The summed E-state index contributed by atoms with van der Waals surface area (Å²) in [4.78, 5) is 0. The van der Waals surface area contributed by atoms with Crippen molar-refractivity contribution in [2.24, 2.45) is 5.92 Å². The Morgan fingerprint density at radius 2 is 2.24 bits per heavy atom. The van der Waals surface area contributed by atoms with Crippen LogP contribution in [0.25, 0.3) is 0 Å². The molecule has 1 unspecified atom stereocenters. The predicted molar refractivity (Wildman–Crippen MR) is 69.2 cm³/mol. The third-order valence-corrected chi connectivity index (χ3v) is 3.84. The number of benzene rings is 1. The summed E-state index contributed by atoms with van der Waals surface area (Å²) in [6.45, 7) is 2.80. The average molecular weight is 302 g/mol. The highest BCUT2D eigenvalue weighted by atomic mass is 79.9. The van der Waals surface area contributed by atoms with Crippen LogP contribution < -0.4 is 5.32 Å². The van der Waals surface area contributed by atoms with Crippen molar-refractivity contribution in [1.29, 1.82) is 0 Å². The van der Waals surface area contributed by atoms with E-state index in [0.29, 0.717) is 11.5 Å². The topological polar surface area (TPSA) is 32.3 Å². The molecule has 1 aromatic rings. The van der Waals surface area contributed by atoms with Crippen LogP contribution in [-0.4, -0.2) is 17.8 Å². The number of aliphatic hydroxyl groups excluding tert-OH is 1. The molecule has 0 bridgehead atoms. The van der Waals surface area contributed by atoms with Crippen LogP contribution in [0.15, 0.2) is 22.7 Å². The molecular weight excluding hydrogens is 285 g/mol. The number of nitrogens with one attached hydrogen (secondary N) is 1. The van der Waals surface area contributed by atoms with Crippen LogP contribution in [0.4, 0.5) is 4.39 Å². The van der Waals surface area contributed by atoms with Gasteiger partial charge in [0.1, 0.15) is 5.82 Å². The molecule has 0 spiro atoms. The lowest BCUT2D eigenvalue weighted by Crippen LogP contribution is -2.37. The zero-order valence-corrected chi connectivity index (χ0v) is 11.4. The smallest absolute Gasteiger partial charge is 0.128 e. The van der Waals surface area contributed by atoms with Gasteiger partial charge in [-0.05, 0) is 50.4 Å². The number of hydrogen-bond donors (Lipinski definition) is 2. The second-order valence-corrected chi connectivity index (χ2v) is 5.70. The minimum absolute atomic E-state index is 0.00903. The summed E-state index contributed by atoms with van der Waals surface area (Å²) in [5.41, 5.74) is 0.680. The molecule has 1 aliphatic rings. The molecule has 1 saturated carbocycles. The Morgan fingerprint density at radius 1 is 1.53 bits per heavy atom. The fourth-order valence-corrected chi connectivity index (χ4v) is 2.55. The van der Waals surface area contributed by atoms with Gasteiger partial charge in [-0.1, -0.05) is 15.9 Å². The molecule has 1 fully saturated rings. The van der Waals surface area contributed by atoms with Gasteiger partial charge in [0.25, 0.3) is 0 Å². The van der Waals surface area contributed by atoms with Crippen LogP contribution in [0, 0.1) is 11.7 Å². The van der Waals surface area contributed by atoms with Crippen LogP contribution >= 0.6 is 15.9 Å². The van der Waals surface area contributed by atoms with E-state index in [1.807, 2.05) is 13.0 Å². The SMILES string of the molecule is CC(NCC1CC(O)C1)c1cc(Br)ccc1F. The van der Waals surface area contributed by atoms with E-state index in [1.165, 1.54) is 6.07 Å². The van der Waals surface area contributed by atoms with E-state index >= 15 is 0 Å². The van der Waals surface area contributed by atoms with Crippen LogP contribution in [0.3, 0.4) is 0 Å². The lowest BCUT2D eigenvalue weighted by atomic mass is 9.82. The highest BCUT2D eigenvalue weighted by Crippen LogP contribution is 2.27. The molecule has 1 atom stereocenters. The van der Waals surface area contributed by atoms with Gasteiger partial charge in [0, 0.05) is 16.1 Å². The molecule has 2 rings (SSSR count). The second-order valence-electron chi connectivity index (χ2n) is 4.79. The van der Waals surface area contributed by atoms with Gasteiger partial charge < -0.3 is 10.4 Å². The molecule has 1 aliphatic carbocycles. The fourth-order valence-electron chi connectivity index (χ4n) is 2.17. The van der Waals surface area contributed by atoms with Gasteiger partial charge in [0.15, 0.2) is 0 Å². The standard InChI is InChI=1S/C13H17BrFNO/c1-8(16-7-9-4-11(17)5-9)12-6-10(14)2-3-13(12)15/h2-3,6,8-9,11,16-17H,4-5,7H2,1H3. The maximum Gasteiger partial charge on any atom is 0.128 e. The van der Waals surface area contributed by atoms with Gasteiger partial charge in [-0.2, -0.15) is 0 Å². The summed E-state index contributed by atoms with van der Waals surface area (Å²) in [7, 11) is 0. The van der Waals surface area contributed by atoms with E-state index in [2.05, 4.69) is 21.2 Å². The lowest BCUT2D eigenvalue weighted by Gasteiger charge is -2.32. The Morgan fingerprint density at radius 3 is 2.88 bits per heavy atom. The monoisotopic (exact) mass is 301 g/mol. The fraction of sp³-hybridized carbons (Fsp3) is 0.538. The van der Waals surface area contributed by atoms with Crippen LogP contribution in [0.5, 0.6) is 0 Å². The summed E-state index contributed by atoms with van der Waals surface area (Å²) >= 11 is 3.35. The summed E-state index contributed by atoms with van der Waals surface area (Å²) in [5, 5.41) is 12.5. The van der Waals surface area contributed by atoms with Gasteiger partial charge in [-0.25, -0.2) is 4.39 Å². The molecule has 2 nitrogen and oxygen atoms in total. The Bertz CT molecular complexity index is 393. The molecular formula is C13H17BrFNO. The van der Waals surface area contributed by atoms with Crippen molar-refractivity contribution < 1.29 is 9.50 Å². The van der Waals surface area contributed by atoms with Crippen molar-refractivity contribution in [3.8, 4) is 0 Å². The number of rotatable bonds is 4. The molecule has 4 heteroatoms. The van der Waals surface area contributed by atoms with Crippen molar-refractivity contribution in [2.45, 2.75) is 31.9 Å². The molecule has 0 radical (unpaired) electrons. The van der Waals surface area contributed by atoms with E-state index in [9.17, 15) is 9.50 Å². The molecule has 0 heterocycles. The molecule has 2 N–H and O–H groups in total. The average Bonchev–Trinajstić information content (AvgIpc) is 2.26. The second kappa shape index (κ2) is 5.46. The van der Waals surface area contributed by atoms with E-state index < -0.39 is 0 Å². The maximum absolute atomic E-state index is 13.6. The molecule has 0 aliphatic heterocycles. The predicted octanol–water partition coefficient (Wildman–Crippen LogP) is 3.01. The first-order chi connectivity index (χ1) is 8.06. The van der Waals surface area contributed by atoms with Gasteiger partial charge >= 0.3 is 0 Å². The third kappa shape index (κ3) is 3.27. The molecule has 0 saturated heterocycles. The van der Waals surface area contributed by atoms with Crippen LogP contribution in [0.1, 0.15) is 31.4 Å². The first-order valence-corrected chi connectivity index (χ1v) is 6.72. The van der Waals surface area contributed by atoms with E-state index in [1.54, 1.807) is 6.07 Å². The van der Waals surface area contributed by atoms with E-state index in [4.69, 9.17) is 0 Å². The normalized spacial score (nSPS) is 25.4. The van der Waals surface area contributed by atoms with Gasteiger partial charge in [-0.3, -0.25) is 0 Å². The molecule has 17 heavy (non-hydrogen) atoms. The van der Waals surface area contributed by atoms with Crippen molar-refractivity contribution in [3.63, 3.8) is 0 Å². The number of aliphatic hydroxyl groups is 1. The van der Waals surface area contributed by atoms with Crippen LogP contribution in [-0.2, 0) is 0 Å². The Balaban J connectivity index is 1.90. The minimum Gasteiger partial charge on any atom is -0.393 e. The largest absolute Gasteiger partial charge is 0.393 e. The maximum atomic E-state index is 13.6. The Labute approximate surface area is 109 Å². The Hall–Kier alpha value is -0.450. The quantitative estimate of drug-likeness (QED) is 0.896. The van der Waals surface area contributed by atoms with Crippen molar-refractivity contribution in [2.75, 3.05) is 6.54 Å². The first kappa shape index (κ1) is 13.0. The first-order valence-electron chi connectivity index (χ1n) is 5.92. The Kier molecular flexibility index (Phi) is 4.17. The van der Waals surface area contributed by atoms with Crippen LogP contribution in [0.2, 0.25) is 0 Å². The highest BCUT2D eigenvalue weighted by Gasteiger charge is 2.27. The van der Waals surface area contributed by atoms with Crippen molar-refractivity contribution in [3.05, 3.63) is 34.1 Å². The number of halogens is 2. The summed E-state index contributed by atoms with van der Waals surface area (Å²) in [6.07, 6.45) is 1.60. The summed E-state index contributed by atoms with van der Waals surface area (Å²) in [6, 6.07) is 4.98. The van der Waals surface area contributed by atoms with Gasteiger partial charge in [-0.15, -0.1) is 0 Å². The number of hydrogen-bond acceptors (Lipinski definition) is 2. The summed E-state index contributed by atoms with van der Waals surface area (Å²) < 4.78 is 14.5. The van der Waals surface area contributed by atoms with Crippen molar-refractivity contribution in [1.82, 2.24) is 5.32 Å². The van der Waals surface area contributed by atoms with Gasteiger partial charge in [0.05, 0.1) is 6.10 Å². The lowest BCUT2D eigenvalue weighted by molar-refractivity contribution is 0.0420.